The van der Waals surface area contributed by atoms with Crippen molar-refractivity contribution < 1.29 is 4.74 Å². The molecule has 1 saturated heterocycles. The molecule has 0 bridgehead atoms. The molecule has 4 nitrogen and oxygen atoms in total. The van der Waals surface area contributed by atoms with Gasteiger partial charge in [-0.3, -0.25) is 0 Å². The molecule has 1 N–H and O–H groups in total. The van der Waals surface area contributed by atoms with Crippen LogP contribution in [0.4, 0.5) is 0 Å². The van der Waals surface area contributed by atoms with Crippen molar-refractivity contribution in [3.63, 3.8) is 0 Å². The maximum Gasteiger partial charge on any atom is 0.108 e. The van der Waals surface area contributed by atoms with Crippen LogP contribution in [0.5, 0.6) is 0 Å². The zero-order chi connectivity index (χ0) is 12.3. The molecule has 0 aromatic carbocycles. The normalized spacial score (nSPS) is 26.3. The fourth-order valence-corrected chi connectivity index (χ4v) is 2.67. The lowest BCUT2D eigenvalue weighted by atomic mass is 9.93. The quantitative estimate of drug-likeness (QED) is 0.840. The minimum Gasteiger partial charge on any atom is -0.378 e. The van der Waals surface area contributed by atoms with Crippen LogP contribution in [0.3, 0.4) is 0 Å². The molecule has 0 spiro atoms. The number of nitrogens with zero attached hydrogens (tertiary/aromatic N) is 2. The van der Waals surface area contributed by atoms with Gasteiger partial charge in [-0.1, -0.05) is 0 Å². The third-order valence-electron chi connectivity index (χ3n) is 3.77. The molecule has 2 heterocycles. The molecule has 0 amide bonds. The lowest BCUT2D eigenvalue weighted by Gasteiger charge is -2.21. The van der Waals surface area contributed by atoms with Crippen molar-refractivity contribution in [2.45, 2.75) is 38.3 Å². The van der Waals surface area contributed by atoms with E-state index in [2.05, 4.69) is 28.8 Å². The SMILES string of the molecule is CNC(CCc1nccn1C)C1COC(C)C1. The molecule has 1 aromatic rings. The number of ether oxygens (including phenoxy) is 1. The summed E-state index contributed by atoms with van der Waals surface area (Å²) in [6.07, 6.45) is 7.62. The maximum absolute atomic E-state index is 5.65. The van der Waals surface area contributed by atoms with Gasteiger partial charge in [-0.15, -0.1) is 0 Å². The summed E-state index contributed by atoms with van der Waals surface area (Å²) in [4.78, 5) is 4.37. The fraction of sp³-hybridized carbons (Fsp3) is 0.769. The Morgan fingerprint density at radius 2 is 2.47 bits per heavy atom. The van der Waals surface area contributed by atoms with E-state index in [1.54, 1.807) is 0 Å². The lowest BCUT2D eigenvalue weighted by Crippen LogP contribution is -2.34. The summed E-state index contributed by atoms with van der Waals surface area (Å²) in [5, 5.41) is 3.43. The van der Waals surface area contributed by atoms with E-state index in [-0.39, 0.29) is 0 Å². The van der Waals surface area contributed by atoms with Crippen LogP contribution in [0.1, 0.15) is 25.6 Å². The van der Waals surface area contributed by atoms with E-state index in [1.807, 2.05) is 19.4 Å². The first kappa shape index (κ1) is 12.6. The van der Waals surface area contributed by atoms with Gasteiger partial charge in [0.25, 0.3) is 0 Å². The van der Waals surface area contributed by atoms with Crippen LogP contribution in [0, 0.1) is 5.92 Å². The van der Waals surface area contributed by atoms with Crippen molar-refractivity contribution in [2.75, 3.05) is 13.7 Å². The summed E-state index contributed by atoms with van der Waals surface area (Å²) in [5.41, 5.74) is 0. The number of aromatic nitrogens is 2. The highest BCUT2D eigenvalue weighted by atomic mass is 16.5. The van der Waals surface area contributed by atoms with Crippen LogP contribution in [0.15, 0.2) is 12.4 Å². The largest absolute Gasteiger partial charge is 0.378 e. The molecule has 1 fully saturated rings. The maximum atomic E-state index is 5.65. The van der Waals surface area contributed by atoms with Gasteiger partial charge < -0.3 is 14.6 Å². The molecule has 0 radical (unpaired) electrons. The minimum atomic E-state index is 0.420. The molecule has 96 valence electrons. The van der Waals surface area contributed by atoms with Crippen LogP contribution in [0.25, 0.3) is 0 Å². The molecule has 3 atom stereocenters. The van der Waals surface area contributed by atoms with Crippen molar-refractivity contribution in [1.82, 2.24) is 14.9 Å². The van der Waals surface area contributed by atoms with E-state index in [4.69, 9.17) is 4.74 Å². The molecule has 4 heteroatoms. The van der Waals surface area contributed by atoms with E-state index >= 15 is 0 Å². The number of hydrogen-bond acceptors (Lipinski definition) is 3. The van der Waals surface area contributed by atoms with E-state index in [0.717, 1.165) is 25.3 Å². The molecular weight excluding hydrogens is 214 g/mol. The summed E-state index contributed by atoms with van der Waals surface area (Å²) in [5.74, 6) is 1.81. The smallest absolute Gasteiger partial charge is 0.108 e. The Hall–Kier alpha value is -0.870. The van der Waals surface area contributed by atoms with Crippen molar-refractivity contribution >= 4 is 0 Å². The third-order valence-corrected chi connectivity index (χ3v) is 3.77. The zero-order valence-electron chi connectivity index (χ0n) is 11.0. The Balaban J connectivity index is 1.86. The molecule has 3 unspecified atom stereocenters. The number of aryl methyl sites for hydroxylation is 2. The van der Waals surface area contributed by atoms with Gasteiger partial charge in [0.2, 0.25) is 0 Å². The van der Waals surface area contributed by atoms with Gasteiger partial charge in [0.15, 0.2) is 0 Å². The van der Waals surface area contributed by atoms with Gasteiger partial charge in [-0.05, 0) is 26.8 Å². The molecule has 0 aliphatic carbocycles. The summed E-state index contributed by atoms with van der Waals surface area (Å²) < 4.78 is 7.75. The highest BCUT2D eigenvalue weighted by molar-refractivity contribution is 4.93. The predicted molar refractivity (Wildman–Crippen MR) is 67.9 cm³/mol. The number of hydrogen-bond donors (Lipinski definition) is 1. The Labute approximate surface area is 103 Å². The lowest BCUT2D eigenvalue weighted by molar-refractivity contribution is 0.116. The van der Waals surface area contributed by atoms with Crippen molar-refractivity contribution in [1.29, 1.82) is 0 Å². The summed E-state index contributed by atoms with van der Waals surface area (Å²) in [6.45, 7) is 3.05. The minimum absolute atomic E-state index is 0.420. The number of rotatable bonds is 5. The Morgan fingerprint density at radius 1 is 1.65 bits per heavy atom. The first-order valence-electron chi connectivity index (χ1n) is 6.45. The van der Waals surface area contributed by atoms with Gasteiger partial charge in [-0.25, -0.2) is 4.98 Å². The van der Waals surface area contributed by atoms with Gasteiger partial charge in [0.05, 0.1) is 12.7 Å². The third kappa shape index (κ3) is 3.07. The van der Waals surface area contributed by atoms with Crippen LogP contribution in [0.2, 0.25) is 0 Å². The van der Waals surface area contributed by atoms with Gasteiger partial charge in [-0.2, -0.15) is 0 Å². The molecule has 1 aliphatic rings. The van der Waals surface area contributed by atoms with Gasteiger partial charge in [0, 0.05) is 37.8 Å². The second-order valence-electron chi connectivity index (χ2n) is 5.03. The second kappa shape index (κ2) is 5.65. The average molecular weight is 237 g/mol. The van der Waals surface area contributed by atoms with E-state index < -0.39 is 0 Å². The Bertz CT molecular complexity index is 350. The molecule has 2 rings (SSSR count). The summed E-state index contributed by atoms with van der Waals surface area (Å²) in [7, 11) is 4.10. The molecular formula is C13H23N3O. The predicted octanol–water partition coefficient (Wildman–Crippen LogP) is 1.37. The van der Waals surface area contributed by atoms with Gasteiger partial charge in [0.1, 0.15) is 5.82 Å². The van der Waals surface area contributed by atoms with Crippen molar-refractivity contribution in [3.8, 4) is 0 Å². The highest BCUT2D eigenvalue weighted by Gasteiger charge is 2.28. The topological polar surface area (TPSA) is 39.1 Å². The highest BCUT2D eigenvalue weighted by Crippen LogP contribution is 2.24. The molecule has 17 heavy (non-hydrogen) atoms. The average Bonchev–Trinajstić information content (AvgIpc) is 2.90. The van der Waals surface area contributed by atoms with E-state index in [0.29, 0.717) is 18.1 Å². The van der Waals surface area contributed by atoms with Gasteiger partial charge >= 0.3 is 0 Å². The van der Waals surface area contributed by atoms with E-state index in [1.165, 1.54) is 6.42 Å². The van der Waals surface area contributed by atoms with Crippen LogP contribution < -0.4 is 5.32 Å². The zero-order valence-corrected chi connectivity index (χ0v) is 11.0. The van der Waals surface area contributed by atoms with Crippen LogP contribution in [-0.4, -0.2) is 35.4 Å². The van der Waals surface area contributed by atoms with Crippen LogP contribution in [-0.2, 0) is 18.2 Å². The number of imidazole rings is 1. The second-order valence-corrected chi connectivity index (χ2v) is 5.03. The Morgan fingerprint density at radius 3 is 3.00 bits per heavy atom. The Kier molecular flexibility index (Phi) is 4.18. The fourth-order valence-electron chi connectivity index (χ4n) is 2.67. The summed E-state index contributed by atoms with van der Waals surface area (Å²) >= 11 is 0. The molecule has 1 aliphatic heterocycles. The van der Waals surface area contributed by atoms with Crippen LogP contribution >= 0.6 is 0 Å². The standard InChI is InChI=1S/C13H23N3O/c1-10-8-11(9-17-10)12(14-2)4-5-13-15-6-7-16(13)3/h6-7,10-12,14H,4-5,8-9H2,1-3H3. The molecule has 1 aromatic heterocycles. The van der Waals surface area contributed by atoms with E-state index in [9.17, 15) is 0 Å². The molecule has 0 saturated carbocycles. The van der Waals surface area contributed by atoms with Crippen molar-refractivity contribution in [3.05, 3.63) is 18.2 Å². The first-order chi connectivity index (χ1) is 8.20. The first-order valence-corrected chi connectivity index (χ1v) is 6.45. The van der Waals surface area contributed by atoms with Crippen molar-refractivity contribution in [2.24, 2.45) is 13.0 Å². The monoisotopic (exact) mass is 237 g/mol. The number of nitrogens with one attached hydrogen (secondary N) is 1. The summed E-state index contributed by atoms with van der Waals surface area (Å²) in [6, 6.07) is 0.539.